The molecule has 7 nitrogen and oxygen atoms in total. The predicted octanol–water partition coefficient (Wildman–Crippen LogP) is 3.26. The normalized spacial score (nSPS) is 11.3. The van der Waals surface area contributed by atoms with Crippen LogP contribution in [-0.2, 0) is 17.4 Å². The molecule has 1 heterocycles. The van der Waals surface area contributed by atoms with E-state index in [9.17, 15) is 18.0 Å². The van der Waals surface area contributed by atoms with Crippen molar-refractivity contribution >= 4 is 11.6 Å². The Morgan fingerprint density at radius 1 is 1.18 bits per heavy atom. The van der Waals surface area contributed by atoms with Gasteiger partial charge in [-0.15, -0.1) is 5.10 Å². The number of tetrazole rings is 1. The summed E-state index contributed by atoms with van der Waals surface area (Å²) in [6.45, 7) is 1.96. The molecule has 0 aliphatic heterocycles. The van der Waals surface area contributed by atoms with E-state index in [0.717, 1.165) is 12.1 Å². The fraction of sp³-hybridized carbons (Fsp3) is 0.222. The van der Waals surface area contributed by atoms with E-state index < -0.39 is 17.6 Å². The molecule has 1 N–H and O–H groups in total. The number of anilines is 1. The summed E-state index contributed by atoms with van der Waals surface area (Å²) in [6, 6.07) is 9.87. The molecule has 0 spiro atoms. The van der Waals surface area contributed by atoms with Crippen molar-refractivity contribution in [2.24, 2.45) is 0 Å². The molecular formula is C18H16F3N5O2. The van der Waals surface area contributed by atoms with Crippen LogP contribution >= 0.6 is 0 Å². The van der Waals surface area contributed by atoms with E-state index >= 15 is 0 Å². The third kappa shape index (κ3) is 4.64. The Morgan fingerprint density at radius 2 is 1.93 bits per heavy atom. The molecule has 0 radical (unpaired) electrons. The lowest BCUT2D eigenvalue weighted by atomic mass is 10.1. The summed E-state index contributed by atoms with van der Waals surface area (Å²) in [5.74, 6) is -0.284. The van der Waals surface area contributed by atoms with Gasteiger partial charge in [0.1, 0.15) is 12.1 Å². The van der Waals surface area contributed by atoms with E-state index in [1.54, 1.807) is 31.2 Å². The van der Waals surface area contributed by atoms with Gasteiger partial charge >= 0.3 is 6.18 Å². The first-order valence-corrected chi connectivity index (χ1v) is 8.33. The molecule has 0 saturated heterocycles. The van der Waals surface area contributed by atoms with E-state index in [0.29, 0.717) is 11.3 Å². The summed E-state index contributed by atoms with van der Waals surface area (Å²) in [4.78, 5) is 12.3. The summed E-state index contributed by atoms with van der Waals surface area (Å²) < 4.78 is 45.6. The molecule has 1 aromatic heterocycles. The van der Waals surface area contributed by atoms with Gasteiger partial charge in [0, 0.05) is 0 Å². The van der Waals surface area contributed by atoms with Crippen molar-refractivity contribution < 1.29 is 22.7 Å². The number of amides is 1. The van der Waals surface area contributed by atoms with Crippen LogP contribution in [0.25, 0.3) is 5.69 Å². The van der Waals surface area contributed by atoms with Crippen molar-refractivity contribution in [1.29, 1.82) is 0 Å². The van der Waals surface area contributed by atoms with Gasteiger partial charge in [-0.3, -0.25) is 4.79 Å². The molecule has 146 valence electrons. The maximum atomic E-state index is 13.0. The van der Waals surface area contributed by atoms with Gasteiger partial charge in [0.15, 0.2) is 0 Å². The van der Waals surface area contributed by atoms with Crippen LogP contribution in [0.1, 0.15) is 18.1 Å². The highest BCUT2D eigenvalue weighted by Crippen LogP contribution is 2.35. The van der Waals surface area contributed by atoms with Crippen LogP contribution < -0.4 is 10.1 Å². The third-order valence-electron chi connectivity index (χ3n) is 3.80. The Balaban J connectivity index is 1.73. The number of aromatic nitrogens is 4. The lowest BCUT2D eigenvalue weighted by molar-refractivity contribution is -0.137. The zero-order chi connectivity index (χ0) is 20.1. The Bertz CT molecular complexity index is 941. The van der Waals surface area contributed by atoms with Gasteiger partial charge in [-0.05, 0) is 53.2 Å². The minimum absolute atomic E-state index is 0.0162. The number of hydrogen-bond donors (Lipinski definition) is 1. The van der Waals surface area contributed by atoms with Gasteiger partial charge < -0.3 is 10.1 Å². The summed E-state index contributed by atoms with van der Waals surface area (Å²) in [7, 11) is 0. The van der Waals surface area contributed by atoms with E-state index in [1.165, 1.54) is 17.1 Å². The van der Waals surface area contributed by atoms with Gasteiger partial charge in [-0.2, -0.15) is 13.2 Å². The molecule has 0 unspecified atom stereocenters. The zero-order valence-electron chi connectivity index (χ0n) is 14.8. The first-order chi connectivity index (χ1) is 13.4. The third-order valence-corrected chi connectivity index (χ3v) is 3.80. The maximum Gasteiger partial charge on any atom is 0.416 e. The molecular weight excluding hydrogens is 375 g/mol. The number of carbonyl (C=O) groups excluding carboxylic acids is 1. The minimum atomic E-state index is -4.52. The zero-order valence-corrected chi connectivity index (χ0v) is 14.8. The van der Waals surface area contributed by atoms with Gasteiger partial charge in [0.05, 0.1) is 30.0 Å². The second kappa shape index (κ2) is 8.07. The number of hydrogen-bond acceptors (Lipinski definition) is 5. The summed E-state index contributed by atoms with van der Waals surface area (Å²) in [6.07, 6.45) is -3.10. The van der Waals surface area contributed by atoms with Gasteiger partial charge in [0.25, 0.3) is 0 Å². The van der Waals surface area contributed by atoms with Crippen molar-refractivity contribution in [2.45, 2.75) is 19.5 Å². The first-order valence-electron chi connectivity index (χ1n) is 8.33. The molecule has 3 rings (SSSR count). The van der Waals surface area contributed by atoms with Crippen molar-refractivity contribution in [3.63, 3.8) is 0 Å². The Morgan fingerprint density at radius 3 is 2.54 bits per heavy atom. The molecule has 0 aliphatic rings. The van der Waals surface area contributed by atoms with Gasteiger partial charge in [-0.25, -0.2) is 4.68 Å². The topological polar surface area (TPSA) is 81.9 Å². The van der Waals surface area contributed by atoms with Gasteiger partial charge in [0.2, 0.25) is 5.91 Å². The van der Waals surface area contributed by atoms with Crippen LogP contribution in [0.5, 0.6) is 5.75 Å². The Kier molecular flexibility index (Phi) is 5.57. The fourth-order valence-corrected chi connectivity index (χ4v) is 2.51. The molecule has 28 heavy (non-hydrogen) atoms. The lowest BCUT2D eigenvalue weighted by Crippen LogP contribution is -2.16. The number of benzene rings is 2. The van der Waals surface area contributed by atoms with Crippen molar-refractivity contribution in [3.05, 3.63) is 59.9 Å². The number of carbonyl (C=O) groups is 1. The molecule has 10 heteroatoms. The number of nitrogens with zero attached hydrogens (tertiary/aromatic N) is 4. The van der Waals surface area contributed by atoms with Crippen LogP contribution in [0.4, 0.5) is 18.9 Å². The average molecular weight is 391 g/mol. The van der Waals surface area contributed by atoms with Crippen LogP contribution in [0.3, 0.4) is 0 Å². The molecule has 1 amide bonds. The van der Waals surface area contributed by atoms with E-state index in [4.69, 9.17) is 4.74 Å². The van der Waals surface area contributed by atoms with Crippen molar-refractivity contribution in [2.75, 3.05) is 11.9 Å². The SMILES string of the molecule is CCOc1ccc(C(F)(F)F)cc1NC(=O)Cc1ccc(-n2cnnn2)cc1. The highest BCUT2D eigenvalue weighted by Gasteiger charge is 2.31. The highest BCUT2D eigenvalue weighted by atomic mass is 19.4. The second-order valence-corrected chi connectivity index (χ2v) is 5.79. The van der Waals surface area contributed by atoms with Crippen LogP contribution in [0, 0.1) is 0 Å². The summed E-state index contributed by atoms with van der Waals surface area (Å²) in [5.41, 5.74) is 0.508. The number of ether oxygens (including phenoxy) is 1. The number of rotatable bonds is 6. The Hall–Kier alpha value is -3.43. The van der Waals surface area contributed by atoms with Crippen LogP contribution in [-0.4, -0.2) is 32.7 Å². The monoisotopic (exact) mass is 391 g/mol. The molecule has 3 aromatic rings. The fourth-order valence-electron chi connectivity index (χ4n) is 2.51. The first kappa shape index (κ1) is 19.3. The van der Waals surface area contributed by atoms with Crippen molar-refractivity contribution in [1.82, 2.24) is 20.2 Å². The molecule has 0 fully saturated rings. The smallest absolute Gasteiger partial charge is 0.416 e. The van der Waals surface area contributed by atoms with E-state index in [2.05, 4.69) is 20.8 Å². The summed E-state index contributed by atoms with van der Waals surface area (Å²) in [5, 5.41) is 13.3. The summed E-state index contributed by atoms with van der Waals surface area (Å²) >= 11 is 0. The van der Waals surface area contributed by atoms with E-state index in [-0.39, 0.29) is 24.5 Å². The lowest BCUT2D eigenvalue weighted by Gasteiger charge is -2.14. The standard InChI is InChI=1S/C18H16F3N5O2/c1-2-28-16-8-5-13(18(19,20)21)10-15(16)23-17(27)9-12-3-6-14(7-4-12)26-11-22-24-25-26/h3-8,10-11H,2,9H2,1H3,(H,23,27). The average Bonchev–Trinajstić information content (AvgIpc) is 3.18. The largest absolute Gasteiger partial charge is 0.492 e. The minimum Gasteiger partial charge on any atom is -0.492 e. The van der Waals surface area contributed by atoms with Crippen LogP contribution in [0.15, 0.2) is 48.8 Å². The Labute approximate surface area is 158 Å². The number of halogens is 3. The van der Waals surface area contributed by atoms with Gasteiger partial charge in [-0.1, -0.05) is 12.1 Å². The molecule has 0 aliphatic carbocycles. The second-order valence-electron chi connectivity index (χ2n) is 5.79. The quantitative estimate of drug-likeness (QED) is 0.698. The maximum absolute atomic E-state index is 13.0. The highest BCUT2D eigenvalue weighted by molar-refractivity contribution is 5.93. The van der Waals surface area contributed by atoms with Crippen LogP contribution in [0.2, 0.25) is 0 Å². The predicted molar refractivity (Wildman–Crippen MR) is 94.1 cm³/mol. The molecule has 0 saturated carbocycles. The van der Waals surface area contributed by atoms with Crippen molar-refractivity contribution in [3.8, 4) is 11.4 Å². The number of nitrogens with one attached hydrogen (secondary N) is 1. The number of alkyl halides is 3. The molecule has 0 atom stereocenters. The van der Waals surface area contributed by atoms with E-state index in [1.807, 2.05) is 0 Å². The molecule has 0 bridgehead atoms. The molecule has 2 aromatic carbocycles.